The van der Waals surface area contributed by atoms with E-state index < -0.39 is 22.7 Å². The second-order valence-corrected chi connectivity index (χ2v) is 4.32. The van der Waals surface area contributed by atoms with Crippen LogP contribution in [0.2, 0.25) is 5.02 Å². The normalized spacial score (nSPS) is 10.2. The lowest BCUT2D eigenvalue weighted by atomic mass is 10.2. The Morgan fingerprint density at radius 1 is 1.29 bits per heavy atom. The van der Waals surface area contributed by atoms with E-state index in [0.717, 1.165) is 24.3 Å². The topological polar surface area (TPSA) is 85.1 Å². The van der Waals surface area contributed by atoms with E-state index >= 15 is 0 Å². The minimum atomic E-state index is -1.21. The molecule has 2 aromatic rings. The molecule has 9 heteroatoms. The first-order valence-electron chi connectivity index (χ1n) is 5.45. The number of amides is 1. The van der Waals surface area contributed by atoms with E-state index in [1.54, 1.807) is 0 Å². The monoisotopic (exact) mass is 313 g/mol. The number of benzene rings is 1. The molecule has 1 aromatic carbocycles. The Balaban J connectivity index is 2.30. The summed E-state index contributed by atoms with van der Waals surface area (Å²) in [6, 6.07) is 5.07. The third-order valence-electron chi connectivity index (χ3n) is 2.42. The summed E-state index contributed by atoms with van der Waals surface area (Å²) in [5.41, 5.74) is -0.882. The average molecular weight is 314 g/mol. The van der Waals surface area contributed by atoms with Crippen LogP contribution in [-0.2, 0) is 0 Å². The minimum Gasteiger partial charge on any atom is -0.318 e. The summed E-state index contributed by atoms with van der Waals surface area (Å²) >= 11 is 5.67. The number of anilines is 1. The number of aromatic nitrogens is 1. The van der Waals surface area contributed by atoms with Crippen molar-refractivity contribution in [1.29, 1.82) is 0 Å². The first kappa shape index (κ1) is 14.8. The molecule has 0 spiro atoms. The molecule has 1 N–H and O–H groups in total. The molecule has 0 aliphatic heterocycles. The highest BCUT2D eigenvalue weighted by Gasteiger charge is 2.16. The molecule has 108 valence electrons. The number of nitrogens with one attached hydrogen (secondary N) is 1. The maximum absolute atomic E-state index is 13.3. The zero-order chi connectivity index (χ0) is 15.6. The van der Waals surface area contributed by atoms with Gasteiger partial charge in [0.05, 0.1) is 10.6 Å². The van der Waals surface area contributed by atoms with Crippen LogP contribution in [0.1, 0.15) is 10.4 Å². The van der Waals surface area contributed by atoms with Gasteiger partial charge in [0, 0.05) is 22.7 Å². The molecule has 2 rings (SSSR count). The number of nitrogens with zero attached hydrogens (tertiary/aromatic N) is 2. The van der Waals surface area contributed by atoms with E-state index in [4.69, 9.17) is 11.6 Å². The van der Waals surface area contributed by atoms with Gasteiger partial charge in [0.2, 0.25) is 11.9 Å². The van der Waals surface area contributed by atoms with Crippen LogP contribution in [0, 0.1) is 22.0 Å². The number of hydrogen-bond donors (Lipinski definition) is 1. The molecule has 0 saturated heterocycles. The second kappa shape index (κ2) is 5.80. The largest absolute Gasteiger partial charge is 0.318 e. The van der Waals surface area contributed by atoms with Crippen LogP contribution in [-0.4, -0.2) is 15.8 Å². The van der Waals surface area contributed by atoms with Gasteiger partial charge in [-0.2, -0.15) is 13.8 Å². The van der Waals surface area contributed by atoms with Gasteiger partial charge in [-0.25, -0.2) is 0 Å². The number of carbonyl (C=O) groups is 1. The van der Waals surface area contributed by atoms with Gasteiger partial charge in [-0.15, -0.1) is 0 Å². The number of hydrogen-bond acceptors (Lipinski definition) is 4. The van der Waals surface area contributed by atoms with Gasteiger partial charge in [-0.3, -0.25) is 14.9 Å². The summed E-state index contributed by atoms with van der Waals surface area (Å²) in [4.78, 5) is 24.8. The summed E-state index contributed by atoms with van der Waals surface area (Å²) in [6.07, 6.45) is 0. The quantitative estimate of drug-likeness (QED) is 0.536. The van der Waals surface area contributed by atoms with E-state index in [1.807, 2.05) is 0 Å². The van der Waals surface area contributed by atoms with E-state index in [1.165, 1.54) is 6.07 Å². The fourth-order valence-electron chi connectivity index (χ4n) is 1.51. The number of carbonyl (C=O) groups excluding carboxylic acids is 1. The third-order valence-corrected chi connectivity index (χ3v) is 2.64. The predicted molar refractivity (Wildman–Crippen MR) is 70.2 cm³/mol. The summed E-state index contributed by atoms with van der Waals surface area (Å²) in [7, 11) is 0. The molecular formula is C12H6ClF2N3O3. The van der Waals surface area contributed by atoms with E-state index in [2.05, 4.69) is 10.3 Å². The number of rotatable bonds is 3. The highest BCUT2D eigenvalue weighted by Crippen LogP contribution is 2.22. The number of non-ortho nitro benzene ring substituents is 1. The Morgan fingerprint density at radius 3 is 2.62 bits per heavy atom. The maximum Gasteiger partial charge on any atom is 0.271 e. The Labute approximate surface area is 121 Å². The third kappa shape index (κ3) is 3.48. The lowest BCUT2D eigenvalue weighted by molar-refractivity contribution is -0.384. The van der Waals surface area contributed by atoms with Crippen molar-refractivity contribution in [2.24, 2.45) is 0 Å². The molecule has 0 fully saturated rings. The molecule has 1 heterocycles. The molecule has 0 unspecified atom stereocenters. The van der Waals surface area contributed by atoms with Crippen LogP contribution in [0.4, 0.5) is 20.2 Å². The van der Waals surface area contributed by atoms with Gasteiger partial charge in [0.15, 0.2) is 0 Å². The number of halogens is 3. The lowest BCUT2D eigenvalue weighted by Gasteiger charge is -2.06. The Morgan fingerprint density at radius 2 is 2.00 bits per heavy atom. The summed E-state index contributed by atoms with van der Waals surface area (Å²) < 4.78 is 26.0. The second-order valence-electron chi connectivity index (χ2n) is 3.88. The van der Waals surface area contributed by atoms with Crippen LogP contribution >= 0.6 is 11.6 Å². The van der Waals surface area contributed by atoms with Crippen LogP contribution in [0.15, 0.2) is 30.3 Å². The Bertz CT molecular complexity index is 740. The average Bonchev–Trinajstić information content (AvgIpc) is 2.41. The highest BCUT2D eigenvalue weighted by atomic mass is 35.5. The summed E-state index contributed by atoms with van der Waals surface area (Å²) in [5, 5.41) is 12.8. The molecule has 1 aromatic heterocycles. The van der Waals surface area contributed by atoms with Crippen molar-refractivity contribution in [3.05, 3.63) is 62.9 Å². The first-order chi connectivity index (χ1) is 9.86. The van der Waals surface area contributed by atoms with Gasteiger partial charge in [0.1, 0.15) is 0 Å². The van der Waals surface area contributed by atoms with E-state index in [9.17, 15) is 23.7 Å². The predicted octanol–water partition coefficient (Wildman–Crippen LogP) is 3.17. The lowest BCUT2D eigenvalue weighted by Crippen LogP contribution is -2.14. The summed E-state index contributed by atoms with van der Waals surface area (Å²) in [6.45, 7) is 0. The smallest absolute Gasteiger partial charge is 0.271 e. The molecular weight excluding hydrogens is 308 g/mol. The summed E-state index contributed by atoms with van der Waals surface area (Å²) in [5.74, 6) is -3.09. The highest BCUT2D eigenvalue weighted by molar-refractivity contribution is 6.31. The zero-order valence-corrected chi connectivity index (χ0v) is 10.9. The van der Waals surface area contributed by atoms with Crippen LogP contribution in [0.3, 0.4) is 0 Å². The van der Waals surface area contributed by atoms with Gasteiger partial charge < -0.3 is 5.32 Å². The van der Waals surface area contributed by atoms with Crippen molar-refractivity contribution in [3.63, 3.8) is 0 Å². The Hall–Kier alpha value is -2.61. The molecule has 0 radical (unpaired) electrons. The van der Waals surface area contributed by atoms with Crippen molar-refractivity contribution in [1.82, 2.24) is 4.98 Å². The van der Waals surface area contributed by atoms with E-state index in [0.29, 0.717) is 0 Å². The number of nitro groups is 1. The van der Waals surface area contributed by atoms with Crippen molar-refractivity contribution in [2.75, 3.05) is 5.32 Å². The fourth-order valence-corrected chi connectivity index (χ4v) is 1.74. The van der Waals surface area contributed by atoms with Gasteiger partial charge >= 0.3 is 0 Å². The number of nitro benzene ring substituents is 1. The van der Waals surface area contributed by atoms with Gasteiger partial charge in [0.25, 0.3) is 11.6 Å². The number of pyridine rings is 1. The van der Waals surface area contributed by atoms with Crippen LogP contribution in [0.25, 0.3) is 0 Å². The molecule has 6 nitrogen and oxygen atoms in total. The van der Waals surface area contributed by atoms with Crippen LogP contribution < -0.4 is 5.32 Å². The molecule has 21 heavy (non-hydrogen) atoms. The van der Waals surface area contributed by atoms with Gasteiger partial charge in [-0.05, 0) is 18.2 Å². The van der Waals surface area contributed by atoms with Crippen LogP contribution in [0.5, 0.6) is 0 Å². The molecule has 0 aliphatic rings. The van der Waals surface area contributed by atoms with Crippen molar-refractivity contribution < 1.29 is 18.5 Å². The Kier molecular flexibility index (Phi) is 4.08. The minimum absolute atomic E-state index is 0.0212. The SMILES string of the molecule is O=C(Nc1ccc(F)nc1F)c1cc(Cl)cc([N+](=O)[O-])c1. The fraction of sp³-hybridized carbons (Fsp3) is 0. The van der Waals surface area contributed by atoms with Crippen molar-refractivity contribution in [3.8, 4) is 0 Å². The zero-order valence-electron chi connectivity index (χ0n) is 10.1. The molecule has 0 saturated carbocycles. The van der Waals surface area contributed by atoms with E-state index in [-0.39, 0.29) is 22.0 Å². The maximum atomic E-state index is 13.3. The van der Waals surface area contributed by atoms with Crippen molar-refractivity contribution >= 4 is 28.9 Å². The molecule has 1 amide bonds. The molecule has 0 atom stereocenters. The molecule has 0 bridgehead atoms. The standard InChI is InChI=1S/C12H6ClF2N3O3/c13-7-3-6(4-8(5-7)18(20)21)12(19)16-9-1-2-10(14)17-11(9)15/h1-5H,(H,16,19). The first-order valence-corrected chi connectivity index (χ1v) is 5.83. The van der Waals surface area contributed by atoms with Gasteiger partial charge in [-0.1, -0.05) is 11.6 Å². The van der Waals surface area contributed by atoms with Crippen molar-refractivity contribution in [2.45, 2.75) is 0 Å². The molecule has 0 aliphatic carbocycles.